The molecule has 7 nitrogen and oxygen atoms in total. The minimum atomic E-state index is -3.34. The van der Waals surface area contributed by atoms with Gasteiger partial charge < -0.3 is 4.42 Å². The molecule has 23 heavy (non-hydrogen) atoms. The molecule has 0 aliphatic carbocycles. The Morgan fingerprint density at radius 1 is 1.26 bits per heavy atom. The van der Waals surface area contributed by atoms with E-state index >= 15 is 0 Å². The highest BCUT2D eigenvalue weighted by Crippen LogP contribution is 2.25. The minimum absolute atomic E-state index is 0.203. The molecule has 1 aliphatic heterocycles. The van der Waals surface area contributed by atoms with Crippen LogP contribution in [-0.2, 0) is 16.6 Å². The number of hydrogen-bond donors (Lipinski definition) is 0. The van der Waals surface area contributed by atoms with Crippen LogP contribution in [0, 0.1) is 5.92 Å². The van der Waals surface area contributed by atoms with Crippen LogP contribution in [0.3, 0.4) is 0 Å². The maximum absolute atomic E-state index is 12.1. The number of nitrogens with zero attached hydrogens (tertiary/aromatic N) is 4. The molecule has 1 aromatic carbocycles. The van der Waals surface area contributed by atoms with Crippen molar-refractivity contribution in [2.24, 2.45) is 5.92 Å². The van der Waals surface area contributed by atoms with Gasteiger partial charge in [0.15, 0.2) is 0 Å². The normalized spacial score (nSPS) is 19.5. The van der Waals surface area contributed by atoms with Gasteiger partial charge in [0.2, 0.25) is 11.8 Å². The summed E-state index contributed by atoms with van der Waals surface area (Å²) in [6.45, 7) is 1.02. The molecule has 8 heteroatoms. The van der Waals surface area contributed by atoms with Gasteiger partial charge in [-0.15, -0.1) is 10.2 Å². The van der Waals surface area contributed by atoms with Gasteiger partial charge in [-0.25, -0.2) is 0 Å². The van der Waals surface area contributed by atoms with Crippen molar-refractivity contribution < 1.29 is 12.8 Å². The molecule has 0 amide bonds. The first kappa shape index (κ1) is 16.1. The van der Waals surface area contributed by atoms with E-state index in [4.69, 9.17) is 4.42 Å². The summed E-state index contributed by atoms with van der Waals surface area (Å²) in [5, 5.41) is 8.15. The van der Waals surface area contributed by atoms with Gasteiger partial charge in [0.25, 0.3) is 10.2 Å². The average molecular weight is 336 g/mol. The summed E-state index contributed by atoms with van der Waals surface area (Å²) in [7, 11) is -0.243. The second-order valence-electron chi connectivity index (χ2n) is 5.87. The van der Waals surface area contributed by atoms with E-state index in [0.29, 0.717) is 31.3 Å². The molecule has 1 saturated heterocycles. The summed E-state index contributed by atoms with van der Waals surface area (Å²) in [6, 6.07) is 9.59. The van der Waals surface area contributed by atoms with Crippen molar-refractivity contribution in [3.63, 3.8) is 0 Å². The first-order valence-electron chi connectivity index (χ1n) is 7.52. The highest BCUT2D eigenvalue weighted by atomic mass is 32.2. The minimum Gasteiger partial charge on any atom is -0.421 e. The van der Waals surface area contributed by atoms with Crippen molar-refractivity contribution in [1.82, 2.24) is 18.8 Å². The second-order valence-corrected chi connectivity index (χ2v) is 8.02. The Balaban J connectivity index is 1.65. The van der Waals surface area contributed by atoms with Gasteiger partial charge in [-0.1, -0.05) is 18.2 Å². The molecule has 3 rings (SSSR count). The van der Waals surface area contributed by atoms with Crippen molar-refractivity contribution in [2.45, 2.75) is 12.8 Å². The van der Waals surface area contributed by atoms with Gasteiger partial charge in [0.05, 0.1) is 0 Å². The monoisotopic (exact) mass is 336 g/mol. The Morgan fingerprint density at radius 3 is 2.70 bits per heavy atom. The van der Waals surface area contributed by atoms with E-state index in [2.05, 4.69) is 10.2 Å². The van der Waals surface area contributed by atoms with Crippen molar-refractivity contribution in [3.05, 3.63) is 36.2 Å². The van der Waals surface area contributed by atoms with E-state index in [9.17, 15) is 8.42 Å². The van der Waals surface area contributed by atoms with E-state index in [-0.39, 0.29) is 5.92 Å². The summed E-state index contributed by atoms with van der Waals surface area (Å²) in [6.07, 6.45) is 1.40. The average Bonchev–Trinajstić information content (AvgIpc) is 3.18. The Hall–Kier alpha value is -1.77. The highest BCUT2D eigenvalue weighted by molar-refractivity contribution is 7.86. The number of aromatic nitrogens is 2. The van der Waals surface area contributed by atoms with Crippen LogP contribution in [0.5, 0.6) is 0 Å². The van der Waals surface area contributed by atoms with Crippen LogP contribution in [0.25, 0.3) is 11.5 Å². The zero-order valence-corrected chi connectivity index (χ0v) is 14.0. The van der Waals surface area contributed by atoms with Gasteiger partial charge in [-0.2, -0.15) is 17.0 Å². The fraction of sp³-hybridized carbons (Fsp3) is 0.467. The molecule has 0 bridgehead atoms. The van der Waals surface area contributed by atoms with Crippen LogP contribution in [0.15, 0.2) is 34.7 Å². The van der Waals surface area contributed by atoms with Crippen molar-refractivity contribution >= 4 is 10.2 Å². The topological polar surface area (TPSA) is 79.5 Å². The summed E-state index contributed by atoms with van der Waals surface area (Å²) < 4.78 is 32.7. The fourth-order valence-corrected chi connectivity index (χ4v) is 3.88. The van der Waals surface area contributed by atoms with E-state index in [1.807, 2.05) is 30.3 Å². The lowest BCUT2D eigenvalue weighted by Gasteiger charge is -2.20. The molecule has 1 aliphatic rings. The predicted molar refractivity (Wildman–Crippen MR) is 85.7 cm³/mol. The molecular weight excluding hydrogens is 316 g/mol. The number of benzene rings is 1. The molecule has 2 aromatic rings. The van der Waals surface area contributed by atoms with Crippen molar-refractivity contribution in [3.8, 4) is 11.5 Å². The number of hydrogen-bond acceptors (Lipinski definition) is 5. The molecular formula is C15H20N4O3S. The molecule has 0 radical (unpaired) electrons. The molecule has 124 valence electrons. The first-order valence-corrected chi connectivity index (χ1v) is 8.92. The Kier molecular flexibility index (Phi) is 4.47. The van der Waals surface area contributed by atoms with Crippen LogP contribution in [0.2, 0.25) is 0 Å². The van der Waals surface area contributed by atoms with E-state index < -0.39 is 10.2 Å². The Morgan fingerprint density at radius 2 is 2.00 bits per heavy atom. The third-order valence-corrected chi connectivity index (χ3v) is 5.89. The van der Waals surface area contributed by atoms with Crippen LogP contribution in [0.4, 0.5) is 0 Å². The maximum Gasteiger partial charge on any atom is 0.281 e. The molecule has 1 aromatic heterocycles. The summed E-state index contributed by atoms with van der Waals surface area (Å²) in [5.41, 5.74) is 0.884. The highest BCUT2D eigenvalue weighted by Gasteiger charge is 2.33. The van der Waals surface area contributed by atoms with Crippen LogP contribution < -0.4 is 0 Å². The lowest BCUT2D eigenvalue weighted by molar-refractivity contribution is 0.398. The van der Waals surface area contributed by atoms with Crippen LogP contribution >= 0.6 is 0 Å². The van der Waals surface area contributed by atoms with E-state index in [1.54, 1.807) is 14.1 Å². The standard InChI is InChI=1S/C15H20N4O3S/c1-18(2)23(20,21)19-9-8-12(11-19)10-14-16-17-15(22-14)13-6-4-3-5-7-13/h3-7,12H,8-11H2,1-2H3. The van der Waals surface area contributed by atoms with E-state index in [0.717, 1.165) is 12.0 Å². The number of rotatable bonds is 5. The van der Waals surface area contributed by atoms with Crippen LogP contribution in [0.1, 0.15) is 12.3 Å². The lowest BCUT2D eigenvalue weighted by atomic mass is 10.1. The molecule has 1 atom stereocenters. The second kappa shape index (κ2) is 6.38. The first-order chi connectivity index (χ1) is 11.0. The summed E-state index contributed by atoms with van der Waals surface area (Å²) in [4.78, 5) is 0. The SMILES string of the molecule is CN(C)S(=O)(=O)N1CCC(Cc2nnc(-c3ccccc3)o2)C1. The Bertz CT molecular complexity index is 758. The van der Waals surface area contributed by atoms with Gasteiger partial charge in [0.1, 0.15) is 0 Å². The molecule has 0 saturated carbocycles. The van der Waals surface area contributed by atoms with Gasteiger partial charge in [0, 0.05) is 39.2 Å². The summed E-state index contributed by atoms with van der Waals surface area (Å²) in [5.74, 6) is 1.25. The Labute approximate surface area is 136 Å². The molecule has 0 N–H and O–H groups in total. The fourth-order valence-electron chi connectivity index (χ4n) is 2.68. The predicted octanol–water partition coefficient (Wildman–Crippen LogP) is 1.41. The lowest BCUT2D eigenvalue weighted by Crippen LogP contribution is -2.38. The zero-order chi connectivity index (χ0) is 16.4. The van der Waals surface area contributed by atoms with Gasteiger partial charge >= 0.3 is 0 Å². The summed E-state index contributed by atoms with van der Waals surface area (Å²) >= 11 is 0. The maximum atomic E-state index is 12.1. The zero-order valence-electron chi connectivity index (χ0n) is 13.2. The van der Waals surface area contributed by atoms with Gasteiger partial charge in [-0.05, 0) is 24.5 Å². The van der Waals surface area contributed by atoms with Gasteiger partial charge in [-0.3, -0.25) is 0 Å². The smallest absolute Gasteiger partial charge is 0.281 e. The molecule has 0 spiro atoms. The third kappa shape index (κ3) is 3.44. The molecule has 1 fully saturated rings. The quantitative estimate of drug-likeness (QED) is 0.825. The van der Waals surface area contributed by atoms with Crippen LogP contribution in [-0.4, -0.2) is 54.4 Å². The molecule has 2 heterocycles. The van der Waals surface area contributed by atoms with E-state index in [1.165, 1.54) is 8.61 Å². The molecule has 1 unspecified atom stereocenters. The third-order valence-electron chi connectivity index (χ3n) is 3.99. The van der Waals surface area contributed by atoms with Crippen molar-refractivity contribution in [1.29, 1.82) is 0 Å². The largest absolute Gasteiger partial charge is 0.421 e. The van der Waals surface area contributed by atoms with Crippen molar-refractivity contribution in [2.75, 3.05) is 27.2 Å².